The molecule has 0 amide bonds. The third kappa shape index (κ3) is 33.1. The number of ketones is 1. The van der Waals surface area contributed by atoms with E-state index in [4.69, 9.17) is 13.8 Å². The molecule has 0 aliphatic heterocycles. The lowest BCUT2D eigenvalue weighted by molar-refractivity contribution is -0.873. The molecule has 2 N–H and O–H groups in total. The van der Waals surface area contributed by atoms with Crippen molar-refractivity contribution in [2.24, 2.45) is 0 Å². The van der Waals surface area contributed by atoms with Gasteiger partial charge in [0.15, 0.2) is 18.0 Å². The number of carbonyl (C=O) groups excluding carboxylic acids is 2. The third-order valence-corrected chi connectivity index (χ3v) is 11.1. The van der Waals surface area contributed by atoms with Crippen molar-refractivity contribution in [1.29, 1.82) is 0 Å². The number of carbonyl (C=O) groups is 2. The summed E-state index contributed by atoms with van der Waals surface area (Å²) in [6, 6.07) is 0. The highest BCUT2D eigenvalue weighted by atomic mass is 31.2. The number of aliphatic hydroxyl groups excluding tert-OH is 1. The summed E-state index contributed by atoms with van der Waals surface area (Å²) in [7, 11) is 1.12. The summed E-state index contributed by atoms with van der Waals surface area (Å²) in [6.07, 6.45) is 31.9. The van der Waals surface area contributed by atoms with Crippen molar-refractivity contribution < 1.29 is 42.4 Å². The number of likely N-dealkylation sites (N-methyl/N-ethyl adjacent to an activating group) is 1. The summed E-state index contributed by atoms with van der Waals surface area (Å²) in [4.78, 5) is 37.1. The smallest absolute Gasteiger partial charge is 0.457 e. The highest BCUT2D eigenvalue weighted by molar-refractivity contribution is 7.47. The number of phosphoric ester groups is 1. The molecule has 320 valence electrons. The number of quaternary nitrogens is 1. The van der Waals surface area contributed by atoms with Gasteiger partial charge in [-0.1, -0.05) is 161 Å². The largest absolute Gasteiger partial charge is 0.473 e. The molecule has 4 atom stereocenters. The van der Waals surface area contributed by atoms with E-state index in [2.05, 4.69) is 26.0 Å². The van der Waals surface area contributed by atoms with Gasteiger partial charge >= 0.3 is 13.8 Å². The molecule has 0 aromatic carbocycles. The first-order valence-electron chi connectivity index (χ1n) is 22.4. The van der Waals surface area contributed by atoms with Gasteiger partial charge in [-0.25, -0.2) is 4.57 Å². The van der Waals surface area contributed by atoms with Crippen LogP contribution in [0.15, 0.2) is 12.2 Å². The molecule has 0 saturated heterocycles. The summed E-state index contributed by atoms with van der Waals surface area (Å²) in [6.45, 7) is 6.09. The van der Waals surface area contributed by atoms with E-state index in [1.165, 1.54) is 103 Å². The van der Waals surface area contributed by atoms with Gasteiger partial charge in [0.2, 0.25) is 0 Å². The second-order valence-corrected chi connectivity index (χ2v) is 18.0. The van der Waals surface area contributed by atoms with Gasteiger partial charge in [0, 0.05) is 12.8 Å². The van der Waals surface area contributed by atoms with Gasteiger partial charge in [0.25, 0.3) is 0 Å². The highest BCUT2D eigenvalue weighted by Crippen LogP contribution is 2.47. The number of nitrogens with zero attached hydrogens (tertiary/aromatic N) is 1. The number of ether oxygens (including phenoxy) is 1. The Bertz CT molecular complexity index is 969. The molecule has 0 fully saturated rings. The van der Waals surface area contributed by atoms with Crippen LogP contribution in [-0.4, -0.2) is 78.8 Å². The Morgan fingerprint density at radius 2 is 1.02 bits per heavy atom. The zero-order valence-electron chi connectivity index (χ0n) is 36.0. The fraction of sp³-hybridized carbons (Fsp3) is 0.909. The van der Waals surface area contributed by atoms with Gasteiger partial charge in [-0.15, -0.1) is 0 Å². The number of allylic oxidation sites excluding steroid dienone is 2. The molecule has 0 bridgehead atoms. The van der Waals surface area contributed by atoms with Crippen molar-refractivity contribution >= 4 is 19.6 Å². The Morgan fingerprint density at radius 1 is 0.611 bits per heavy atom. The van der Waals surface area contributed by atoms with Crippen molar-refractivity contribution in [3.63, 3.8) is 0 Å². The summed E-state index contributed by atoms with van der Waals surface area (Å²) < 4.78 is 30.3. The van der Waals surface area contributed by atoms with E-state index in [0.29, 0.717) is 30.3 Å². The molecule has 0 aromatic rings. The molecule has 0 spiro atoms. The van der Waals surface area contributed by atoms with Crippen LogP contribution in [-0.2, 0) is 27.9 Å². The summed E-state index contributed by atoms with van der Waals surface area (Å²) >= 11 is 0. The molecule has 0 aliphatic rings. The maximum atomic E-state index is 13.5. The second kappa shape index (κ2) is 35.1. The number of hydrogen-bond donors (Lipinski definition) is 2. The van der Waals surface area contributed by atoms with E-state index in [1.807, 2.05) is 28.1 Å². The summed E-state index contributed by atoms with van der Waals surface area (Å²) in [5.41, 5.74) is 0. The number of aliphatic hydroxyl groups is 1. The third-order valence-electron chi connectivity index (χ3n) is 10.0. The van der Waals surface area contributed by atoms with Crippen LogP contribution < -0.4 is 0 Å². The molecule has 3 unspecified atom stereocenters. The quantitative estimate of drug-likeness (QED) is 0.0207. The molecule has 0 radical (unpaired) electrons. The molecule has 0 heterocycles. The number of phosphoric acid groups is 1. The number of Topliss-reactive ketones (excluding diaryl/α,β-unsaturated/α-hetero) is 1. The Morgan fingerprint density at radius 3 is 1.43 bits per heavy atom. The molecule has 0 saturated carbocycles. The average Bonchev–Trinajstić information content (AvgIpc) is 3.12. The lowest BCUT2D eigenvalue weighted by atomic mass is 10.0. The Kier molecular flexibility index (Phi) is 34.4. The lowest BCUT2D eigenvalue weighted by Crippen LogP contribution is -2.43. The van der Waals surface area contributed by atoms with Crippen LogP contribution in [0.25, 0.3) is 0 Å². The first-order valence-corrected chi connectivity index (χ1v) is 23.9. The van der Waals surface area contributed by atoms with Crippen molar-refractivity contribution in [1.82, 2.24) is 0 Å². The van der Waals surface area contributed by atoms with Gasteiger partial charge in [-0.05, 0) is 44.9 Å². The Hall–Kier alpha value is -1.09. The molecular weight excluding hydrogens is 701 g/mol. The van der Waals surface area contributed by atoms with E-state index < -0.39 is 44.5 Å². The first-order chi connectivity index (χ1) is 25.9. The van der Waals surface area contributed by atoms with Crippen LogP contribution in [0.3, 0.4) is 0 Å². The monoisotopic (exact) mass is 789 g/mol. The molecule has 9 nitrogen and oxygen atoms in total. The van der Waals surface area contributed by atoms with Crippen LogP contribution in [0.4, 0.5) is 0 Å². The topological polar surface area (TPSA) is 119 Å². The minimum Gasteiger partial charge on any atom is -0.457 e. The highest BCUT2D eigenvalue weighted by Gasteiger charge is 2.40. The predicted octanol–water partition coefficient (Wildman–Crippen LogP) is 12.0. The van der Waals surface area contributed by atoms with Crippen molar-refractivity contribution in [2.75, 3.05) is 34.3 Å². The van der Waals surface area contributed by atoms with E-state index >= 15 is 0 Å². The maximum absolute atomic E-state index is 13.5. The minimum absolute atomic E-state index is 0.0980. The van der Waals surface area contributed by atoms with Crippen LogP contribution in [0.5, 0.6) is 0 Å². The SMILES string of the molecule is CCCCCCCC/C=C\CCCCCCCC(=O)O[C@@H](CO)C(OP(=O)(O)OC(CC)C[N+](C)(C)C)C(=O)CCCCCCCCCCCCCCC. The van der Waals surface area contributed by atoms with Crippen LogP contribution in [0.1, 0.15) is 207 Å². The number of unbranched alkanes of at least 4 members (excludes halogenated alkanes) is 23. The van der Waals surface area contributed by atoms with Gasteiger partial charge in [0.1, 0.15) is 12.6 Å². The average molecular weight is 789 g/mol. The predicted molar refractivity (Wildman–Crippen MR) is 224 cm³/mol. The lowest BCUT2D eigenvalue weighted by Gasteiger charge is -2.31. The van der Waals surface area contributed by atoms with Crippen molar-refractivity contribution in [2.45, 2.75) is 225 Å². The zero-order chi connectivity index (χ0) is 40.3. The number of esters is 1. The summed E-state index contributed by atoms with van der Waals surface area (Å²) in [5.74, 6) is -1.03. The van der Waals surface area contributed by atoms with Crippen LogP contribution >= 0.6 is 7.82 Å². The normalized spacial score (nSPS) is 15.0. The Labute approximate surface area is 333 Å². The number of rotatable bonds is 40. The van der Waals surface area contributed by atoms with E-state index in [1.54, 1.807) is 0 Å². The van der Waals surface area contributed by atoms with E-state index in [0.717, 1.165) is 51.4 Å². The second-order valence-electron chi connectivity index (χ2n) is 16.6. The minimum atomic E-state index is -4.74. The molecule has 0 aromatic heterocycles. The standard InChI is InChI=1S/C44H86NO8P/c1-7-10-12-14-16-18-20-22-23-25-27-29-31-33-35-37-43(48)51-42(39-46)44(53-54(49,50)52-40(9-3)38-45(4,5)6)41(47)36-34-32-30-28-26-24-21-19-17-15-13-11-8-2/h22-23,40,42,44,46H,7-21,24-39H2,1-6H3/p+1/b23-22-/t40?,42-,44?/m0/s1. The van der Waals surface area contributed by atoms with Crippen LogP contribution in [0.2, 0.25) is 0 Å². The van der Waals surface area contributed by atoms with E-state index in [-0.39, 0.29) is 12.8 Å². The van der Waals surface area contributed by atoms with Gasteiger partial charge in [-0.3, -0.25) is 18.6 Å². The van der Waals surface area contributed by atoms with Gasteiger partial charge in [-0.2, -0.15) is 0 Å². The fourth-order valence-corrected chi connectivity index (χ4v) is 7.94. The van der Waals surface area contributed by atoms with Crippen molar-refractivity contribution in [3.05, 3.63) is 12.2 Å². The molecule has 0 aliphatic carbocycles. The van der Waals surface area contributed by atoms with Crippen LogP contribution in [0, 0.1) is 0 Å². The summed E-state index contributed by atoms with van der Waals surface area (Å²) in [5, 5.41) is 10.2. The molecule has 54 heavy (non-hydrogen) atoms. The first kappa shape index (κ1) is 52.9. The van der Waals surface area contributed by atoms with E-state index in [9.17, 15) is 24.2 Å². The zero-order valence-corrected chi connectivity index (χ0v) is 36.9. The number of hydrogen-bond acceptors (Lipinski definition) is 7. The Balaban J connectivity index is 4.85. The van der Waals surface area contributed by atoms with Gasteiger partial charge < -0.3 is 19.2 Å². The van der Waals surface area contributed by atoms with Crippen molar-refractivity contribution in [3.8, 4) is 0 Å². The molecule has 10 heteroatoms. The van der Waals surface area contributed by atoms with Gasteiger partial charge in [0.05, 0.1) is 27.7 Å². The fourth-order valence-electron chi connectivity index (χ4n) is 6.76. The molecular formula is C44H87NO8P+. The molecule has 0 rings (SSSR count). The maximum Gasteiger partial charge on any atom is 0.473 e.